The zero-order chi connectivity index (χ0) is 16.8. The molecule has 1 N–H and O–H groups in total. The van der Waals surface area contributed by atoms with Crippen LogP contribution >= 0.6 is 11.8 Å². The van der Waals surface area contributed by atoms with E-state index in [1.54, 1.807) is 36.0 Å². The third-order valence-corrected chi connectivity index (χ3v) is 4.85. The first-order valence-electron chi connectivity index (χ1n) is 7.55. The predicted octanol–water partition coefficient (Wildman–Crippen LogP) is 4.46. The summed E-state index contributed by atoms with van der Waals surface area (Å²) in [7, 11) is 0. The number of ketones is 1. The first-order chi connectivity index (χ1) is 11.0. The highest BCUT2D eigenvalue weighted by atomic mass is 32.2. The molecule has 0 saturated heterocycles. The zero-order valence-electron chi connectivity index (χ0n) is 13.6. The Bertz CT molecular complexity index is 712. The molecule has 0 aliphatic heterocycles. The van der Waals surface area contributed by atoms with Crippen molar-refractivity contribution in [1.82, 2.24) is 0 Å². The molecule has 0 saturated carbocycles. The van der Waals surface area contributed by atoms with Gasteiger partial charge in [-0.05, 0) is 44.0 Å². The molecular weight excluding hydrogens is 306 g/mol. The van der Waals surface area contributed by atoms with Crippen molar-refractivity contribution >= 4 is 29.1 Å². The second kappa shape index (κ2) is 7.97. The van der Waals surface area contributed by atoms with Crippen LogP contribution in [-0.2, 0) is 10.5 Å². The van der Waals surface area contributed by atoms with E-state index in [0.717, 1.165) is 5.75 Å². The molecule has 0 bridgehead atoms. The molecule has 3 nitrogen and oxygen atoms in total. The lowest BCUT2D eigenvalue weighted by atomic mass is 10.1. The normalized spacial score (nSPS) is 11.8. The average molecular weight is 327 g/mol. The van der Waals surface area contributed by atoms with Crippen molar-refractivity contribution in [2.45, 2.75) is 31.8 Å². The van der Waals surface area contributed by atoms with Crippen molar-refractivity contribution in [3.63, 3.8) is 0 Å². The summed E-state index contributed by atoms with van der Waals surface area (Å²) in [5, 5.41) is 2.71. The van der Waals surface area contributed by atoms with E-state index in [1.165, 1.54) is 18.1 Å². The summed E-state index contributed by atoms with van der Waals surface area (Å²) in [6, 6.07) is 15.2. The molecule has 1 atom stereocenters. The number of carbonyl (C=O) groups is 2. The summed E-state index contributed by atoms with van der Waals surface area (Å²) < 4.78 is 0. The maximum absolute atomic E-state index is 12.3. The van der Waals surface area contributed by atoms with Crippen LogP contribution in [0.25, 0.3) is 0 Å². The highest BCUT2D eigenvalue weighted by Gasteiger charge is 2.14. The predicted molar refractivity (Wildman–Crippen MR) is 97.0 cm³/mol. The molecule has 0 radical (unpaired) electrons. The van der Waals surface area contributed by atoms with Crippen LogP contribution in [0.1, 0.15) is 35.3 Å². The van der Waals surface area contributed by atoms with E-state index >= 15 is 0 Å². The largest absolute Gasteiger partial charge is 0.325 e. The third-order valence-electron chi connectivity index (χ3n) is 3.66. The van der Waals surface area contributed by atoms with Crippen LogP contribution < -0.4 is 5.32 Å². The fourth-order valence-electron chi connectivity index (χ4n) is 2.12. The molecule has 0 heterocycles. The zero-order valence-corrected chi connectivity index (χ0v) is 14.4. The van der Waals surface area contributed by atoms with Crippen molar-refractivity contribution in [2.24, 2.45) is 0 Å². The van der Waals surface area contributed by atoms with Gasteiger partial charge < -0.3 is 5.32 Å². The van der Waals surface area contributed by atoms with Crippen molar-refractivity contribution in [3.8, 4) is 0 Å². The van der Waals surface area contributed by atoms with E-state index in [4.69, 9.17) is 0 Å². The Morgan fingerprint density at radius 3 is 2.57 bits per heavy atom. The van der Waals surface area contributed by atoms with Crippen molar-refractivity contribution in [3.05, 3.63) is 65.2 Å². The topological polar surface area (TPSA) is 46.2 Å². The number of hydrogen-bond acceptors (Lipinski definition) is 3. The highest BCUT2D eigenvalue weighted by Crippen LogP contribution is 2.21. The minimum absolute atomic E-state index is 0.0110. The Balaban J connectivity index is 1.94. The number of benzene rings is 2. The van der Waals surface area contributed by atoms with Crippen molar-refractivity contribution in [2.75, 3.05) is 5.32 Å². The smallest absolute Gasteiger partial charge is 0.237 e. The Morgan fingerprint density at radius 1 is 1.13 bits per heavy atom. The maximum atomic E-state index is 12.3. The summed E-state index contributed by atoms with van der Waals surface area (Å²) in [5.74, 6) is 0.738. The lowest BCUT2D eigenvalue weighted by Gasteiger charge is -2.13. The van der Waals surface area contributed by atoms with Gasteiger partial charge in [0.05, 0.1) is 5.25 Å². The van der Waals surface area contributed by atoms with Crippen LogP contribution in [0.5, 0.6) is 0 Å². The second-order valence-corrected chi connectivity index (χ2v) is 6.84. The Labute approximate surface area is 141 Å². The number of rotatable bonds is 6. The van der Waals surface area contributed by atoms with Crippen LogP contribution in [0.15, 0.2) is 48.5 Å². The fraction of sp³-hybridized carbons (Fsp3) is 0.263. The standard InChI is InChI=1S/C19H21NO2S/c1-13-7-4-5-8-17(13)12-23-15(3)19(22)20-18-10-6-9-16(11-18)14(2)21/h4-11,15H,12H2,1-3H3,(H,20,22)/t15-/m1/s1. The van der Waals surface area contributed by atoms with Crippen LogP contribution in [0.3, 0.4) is 0 Å². The molecule has 2 aromatic carbocycles. The van der Waals surface area contributed by atoms with Gasteiger partial charge in [-0.1, -0.05) is 36.4 Å². The highest BCUT2D eigenvalue weighted by molar-refractivity contribution is 7.99. The number of Topliss-reactive ketones (excluding diaryl/α,β-unsaturated/α-hetero) is 1. The van der Waals surface area contributed by atoms with E-state index < -0.39 is 0 Å². The molecular formula is C19H21NO2S. The molecule has 0 aliphatic carbocycles. The average Bonchev–Trinajstić information content (AvgIpc) is 2.54. The van der Waals surface area contributed by atoms with Gasteiger partial charge in [-0.2, -0.15) is 0 Å². The number of hydrogen-bond donors (Lipinski definition) is 1. The summed E-state index contributed by atoms with van der Waals surface area (Å²) in [4.78, 5) is 23.7. The molecule has 2 rings (SSSR count). The van der Waals surface area contributed by atoms with Crippen LogP contribution in [0, 0.1) is 6.92 Å². The quantitative estimate of drug-likeness (QED) is 0.797. The van der Waals surface area contributed by atoms with E-state index in [9.17, 15) is 9.59 Å². The summed E-state index contributed by atoms with van der Waals surface area (Å²) in [5.41, 5.74) is 3.74. The van der Waals surface area contributed by atoms with Gasteiger partial charge in [0.1, 0.15) is 0 Å². The number of carbonyl (C=O) groups excluding carboxylic acids is 2. The monoisotopic (exact) mass is 327 g/mol. The molecule has 4 heteroatoms. The molecule has 0 aliphatic rings. The lowest BCUT2D eigenvalue weighted by Crippen LogP contribution is -2.22. The van der Waals surface area contributed by atoms with Crippen molar-refractivity contribution < 1.29 is 9.59 Å². The molecule has 2 aromatic rings. The van der Waals surface area contributed by atoms with Gasteiger partial charge in [-0.3, -0.25) is 9.59 Å². The van der Waals surface area contributed by atoms with Crippen molar-refractivity contribution in [1.29, 1.82) is 0 Å². The van der Waals surface area contributed by atoms with Crippen LogP contribution in [0.4, 0.5) is 5.69 Å². The summed E-state index contributed by atoms with van der Waals surface area (Å²) >= 11 is 1.60. The summed E-state index contributed by atoms with van der Waals surface area (Å²) in [6.07, 6.45) is 0. The number of nitrogens with one attached hydrogen (secondary N) is 1. The minimum Gasteiger partial charge on any atom is -0.325 e. The third kappa shape index (κ3) is 4.96. The molecule has 23 heavy (non-hydrogen) atoms. The fourth-order valence-corrected chi connectivity index (χ4v) is 3.09. The van der Waals surface area contributed by atoms with Gasteiger partial charge in [0, 0.05) is 17.0 Å². The van der Waals surface area contributed by atoms with Crippen LogP contribution in [0.2, 0.25) is 0 Å². The van der Waals surface area contributed by atoms with Gasteiger partial charge in [0.15, 0.2) is 5.78 Å². The maximum Gasteiger partial charge on any atom is 0.237 e. The van der Waals surface area contributed by atoms with Crippen LogP contribution in [-0.4, -0.2) is 16.9 Å². The van der Waals surface area contributed by atoms with Gasteiger partial charge in [0.2, 0.25) is 5.91 Å². The molecule has 1 amide bonds. The second-order valence-electron chi connectivity index (χ2n) is 5.51. The Hall–Kier alpha value is -2.07. The first kappa shape index (κ1) is 17.3. The minimum atomic E-state index is -0.171. The van der Waals surface area contributed by atoms with E-state index in [2.05, 4.69) is 24.4 Å². The summed E-state index contributed by atoms with van der Waals surface area (Å²) in [6.45, 7) is 5.49. The number of aryl methyl sites for hydroxylation is 1. The van der Waals surface area contributed by atoms with E-state index in [-0.39, 0.29) is 16.9 Å². The molecule has 0 spiro atoms. The Kier molecular flexibility index (Phi) is 5.99. The molecule has 0 aromatic heterocycles. The number of anilines is 1. The molecule has 0 unspecified atom stereocenters. The van der Waals surface area contributed by atoms with E-state index in [0.29, 0.717) is 11.3 Å². The van der Waals surface area contributed by atoms with Gasteiger partial charge >= 0.3 is 0 Å². The van der Waals surface area contributed by atoms with Gasteiger partial charge in [-0.25, -0.2) is 0 Å². The number of amides is 1. The molecule has 0 fully saturated rings. The Morgan fingerprint density at radius 2 is 1.87 bits per heavy atom. The SMILES string of the molecule is CC(=O)c1cccc(NC(=O)[C@@H](C)SCc2ccccc2C)c1. The number of thioether (sulfide) groups is 1. The molecule has 120 valence electrons. The lowest BCUT2D eigenvalue weighted by molar-refractivity contribution is -0.115. The first-order valence-corrected chi connectivity index (χ1v) is 8.60. The van der Waals surface area contributed by atoms with Gasteiger partial charge in [0.25, 0.3) is 0 Å². The van der Waals surface area contributed by atoms with Gasteiger partial charge in [-0.15, -0.1) is 11.8 Å². The van der Waals surface area contributed by atoms with E-state index in [1.807, 2.05) is 19.1 Å².